The molecular weight excluding hydrogens is 498 g/mol. The molecule has 3 aromatic carbocycles. The summed E-state index contributed by atoms with van der Waals surface area (Å²) in [4.78, 5) is 39.7. The maximum atomic E-state index is 14.3. The highest BCUT2D eigenvalue weighted by atomic mass is 16.2. The molecule has 7 heteroatoms. The SMILES string of the molecule is O=C1N(CCCN2CCC(n3c(=O)[nH]c4ccccc43)CC2)C(C2CC2)=NC1(c1ccccc1)c1ccccc1. The van der Waals surface area contributed by atoms with Crippen LogP contribution in [0.5, 0.6) is 0 Å². The number of nitrogens with zero attached hydrogens (tertiary/aromatic N) is 4. The first-order valence-corrected chi connectivity index (χ1v) is 14.6. The van der Waals surface area contributed by atoms with Gasteiger partial charge in [-0.3, -0.25) is 14.3 Å². The number of fused-ring (bicyclic) bond motifs is 1. The lowest BCUT2D eigenvalue weighted by atomic mass is 9.83. The first kappa shape index (κ1) is 25.0. The minimum atomic E-state index is -1.01. The molecule has 3 heterocycles. The number of carbonyl (C=O) groups is 1. The lowest BCUT2D eigenvalue weighted by molar-refractivity contribution is -0.130. The normalized spacial score (nSPS) is 19.9. The van der Waals surface area contributed by atoms with E-state index in [0.29, 0.717) is 12.5 Å². The molecule has 0 radical (unpaired) electrons. The second kappa shape index (κ2) is 10.2. The molecule has 0 atom stereocenters. The molecule has 1 amide bonds. The van der Waals surface area contributed by atoms with Crippen LogP contribution in [-0.4, -0.2) is 57.3 Å². The Morgan fingerprint density at radius 3 is 2.05 bits per heavy atom. The van der Waals surface area contributed by atoms with Gasteiger partial charge in [0.2, 0.25) is 0 Å². The summed E-state index contributed by atoms with van der Waals surface area (Å²) in [5.74, 6) is 1.42. The molecule has 7 rings (SSSR count). The summed E-state index contributed by atoms with van der Waals surface area (Å²) in [6, 6.07) is 28.2. The van der Waals surface area contributed by atoms with Crippen LogP contribution < -0.4 is 5.69 Å². The first-order valence-electron chi connectivity index (χ1n) is 14.6. The zero-order valence-corrected chi connectivity index (χ0v) is 22.7. The molecule has 0 bridgehead atoms. The third-order valence-electron chi connectivity index (χ3n) is 8.84. The number of piperidine rings is 1. The molecule has 0 unspecified atom stereocenters. The quantitative estimate of drug-likeness (QED) is 0.348. The standard InChI is InChI=1S/C33H35N5O2/c39-31-33(25-10-3-1-4-11-25,26-12-5-2-6-13-26)35-30(24-16-17-24)37(31)21-9-20-36-22-18-27(19-23-36)38-29-15-8-7-14-28(29)34-32(38)40/h1-8,10-15,24,27H,9,16-23H2,(H,34,40). The Balaban J connectivity index is 1.05. The minimum Gasteiger partial charge on any atom is -0.306 e. The second-order valence-electron chi connectivity index (χ2n) is 11.4. The summed E-state index contributed by atoms with van der Waals surface area (Å²) < 4.78 is 1.95. The number of aliphatic imine (C=N–C) groups is 1. The van der Waals surface area contributed by atoms with Crippen molar-refractivity contribution in [3.8, 4) is 0 Å². The zero-order valence-electron chi connectivity index (χ0n) is 22.7. The Hall–Kier alpha value is -3.97. The predicted molar refractivity (Wildman–Crippen MR) is 157 cm³/mol. The average Bonchev–Trinajstić information content (AvgIpc) is 3.73. The fourth-order valence-electron chi connectivity index (χ4n) is 6.64. The van der Waals surface area contributed by atoms with Gasteiger partial charge in [0.1, 0.15) is 5.84 Å². The number of H-pyrrole nitrogens is 1. The van der Waals surface area contributed by atoms with E-state index in [-0.39, 0.29) is 17.6 Å². The van der Waals surface area contributed by atoms with Crippen LogP contribution in [0.25, 0.3) is 11.0 Å². The van der Waals surface area contributed by atoms with Crippen LogP contribution in [0, 0.1) is 5.92 Å². The maximum Gasteiger partial charge on any atom is 0.326 e. The van der Waals surface area contributed by atoms with Crippen molar-refractivity contribution in [1.82, 2.24) is 19.4 Å². The molecule has 3 aliphatic rings. The van der Waals surface area contributed by atoms with E-state index in [4.69, 9.17) is 4.99 Å². The number of amidine groups is 1. The van der Waals surface area contributed by atoms with Gasteiger partial charge in [-0.05, 0) is 61.9 Å². The van der Waals surface area contributed by atoms with E-state index in [1.807, 2.05) is 94.4 Å². The molecule has 204 valence electrons. The van der Waals surface area contributed by atoms with Gasteiger partial charge in [-0.2, -0.15) is 0 Å². The Labute approximate surface area is 234 Å². The van der Waals surface area contributed by atoms with E-state index < -0.39 is 5.54 Å². The van der Waals surface area contributed by atoms with E-state index in [9.17, 15) is 9.59 Å². The molecule has 2 aliphatic heterocycles. The lowest BCUT2D eigenvalue weighted by Gasteiger charge is -2.33. The molecule has 1 aromatic heterocycles. The average molecular weight is 534 g/mol. The number of benzene rings is 3. The number of aromatic nitrogens is 2. The Morgan fingerprint density at radius 1 is 0.775 bits per heavy atom. The summed E-state index contributed by atoms with van der Waals surface area (Å²) in [6.07, 6.45) is 5.00. The third kappa shape index (κ3) is 4.29. The van der Waals surface area contributed by atoms with Crippen LogP contribution in [0.3, 0.4) is 0 Å². The van der Waals surface area contributed by atoms with Crippen molar-refractivity contribution < 1.29 is 4.79 Å². The fourth-order valence-corrected chi connectivity index (χ4v) is 6.64. The van der Waals surface area contributed by atoms with Crippen molar-refractivity contribution in [3.63, 3.8) is 0 Å². The van der Waals surface area contributed by atoms with E-state index in [1.165, 1.54) is 0 Å². The Kier molecular flexibility index (Phi) is 6.39. The lowest BCUT2D eigenvalue weighted by Crippen LogP contribution is -2.43. The van der Waals surface area contributed by atoms with Crippen molar-refractivity contribution in [2.24, 2.45) is 10.9 Å². The number of amides is 1. The van der Waals surface area contributed by atoms with Gasteiger partial charge in [-0.15, -0.1) is 0 Å². The van der Waals surface area contributed by atoms with Crippen LogP contribution >= 0.6 is 0 Å². The van der Waals surface area contributed by atoms with E-state index >= 15 is 0 Å². The number of imidazole rings is 1. The molecule has 2 fully saturated rings. The molecular formula is C33H35N5O2. The monoisotopic (exact) mass is 533 g/mol. The van der Waals surface area contributed by atoms with Gasteiger partial charge >= 0.3 is 5.69 Å². The largest absolute Gasteiger partial charge is 0.326 e. The fraction of sp³-hybridized carbons (Fsp3) is 0.364. The topological polar surface area (TPSA) is 73.7 Å². The van der Waals surface area contributed by atoms with Crippen LogP contribution in [0.4, 0.5) is 0 Å². The number of para-hydroxylation sites is 2. The number of carbonyl (C=O) groups excluding carboxylic acids is 1. The Morgan fingerprint density at radius 2 is 1.40 bits per heavy atom. The smallest absolute Gasteiger partial charge is 0.306 e. The van der Waals surface area contributed by atoms with Crippen LogP contribution in [0.1, 0.15) is 49.3 Å². The Bertz CT molecular complexity index is 1550. The van der Waals surface area contributed by atoms with Crippen molar-refractivity contribution in [2.45, 2.75) is 43.7 Å². The predicted octanol–water partition coefficient (Wildman–Crippen LogP) is 4.95. The number of likely N-dealkylation sites (tertiary alicyclic amines) is 1. The molecule has 1 N–H and O–H groups in total. The number of hydrogen-bond donors (Lipinski definition) is 1. The summed E-state index contributed by atoms with van der Waals surface area (Å²) in [6.45, 7) is 3.51. The summed E-state index contributed by atoms with van der Waals surface area (Å²) in [5, 5.41) is 0. The van der Waals surface area contributed by atoms with Crippen molar-refractivity contribution >= 4 is 22.8 Å². The molecule has 1 saturated heterocycles. The first-order chi connectivity index (χ1) is 19.6. The zero-order chi connectivity index (χ0) is 27.1. The maximum absolute atomic E-state index is 14.3. The molecule has 40 heavy (non-hydrogen) atoms. The number of rotatable bonds is 8. The van der Waals surface area contributed by atoms with Gasteiger partial charge in [0, 0.05) is 31.6 Å². The summed E-state index contributed by atoms with van der Waals surface area (Å²) in [7, 11) is 0. The van der Waals surface area contributed by atoms with E-state index in [2.05, 4.69) is 9.88 Å². The number of nitrogens with one attached hydrogen (secondary N) is 1. The summed E-state index contributed by atoms with van der Waals surface area (Å²) >= 11 is 0. The molecule has 0 spiro atoms. The minimum absolute atomic E-state index is 0.0144. The highest BCUT2D eigenvalue weighted by molar-refractivity contribution is 6.11. The third-order valence-corrected chi connectivity index (χ3v) is 8.84. The van der Waals surface area contributed by atoms with Gasteiger partial charge in [0.25, 0.3) is 5.91 Å². The van der Waals surface area contributed by atoms with Gasteiger partial charge in [0.05, 0.1) is 11.0 Å². The van der Waals surface area contributed by atoms with Gasteiger partial charge in [-0.1, -0.05) is 72.8 Å². The van der Waals surface area contributed by atoms with Crippen molar-refractivity contribution in [1.29, 1.82) is 0 Å². The number of aromatic amines is 1. The van der Waals surface area contributed by atoms with Crippen LogP contribution in [0.2, 0.25) is 0 Å². The molecule has 7 nitrogen and oxygen atoms in total. The van der Waals surface area contributed by atoms with E-state index in [0.717, 1.165) is 79.7 Å². The second-order valence-corrected chi connectivity index (χ2v) is 11.4. The molecule has 1 aliphatic carbocycles. The highest BCUT2D eigenvalue weighted by Crippen LogP contribution is 2.45. The van der Waals surface area contributed by atoms with Gasteiger partial charge < -0.3 is 9.88 Å². The van der Waals surface area contributed by atoms with Crippen LogP contribution in [-0.2, 0) is 10.3 Å². The van der Waals surface area contributed by atoms with Gasteiger partial charge in [-0.25, -0.2) is 9.79 Å². The number of hydrogen-bond acceptors (Lipinski definition) is 4. The highest BCUT2D eigenvalue weighted by Gasteiger charge is 2.53. The van der Waals surface area contributed by atoms with Crippen molar-refractivity contribution in [3.05, 3.63) is 107 Å². The summed E-state index contributed by atoms with van der Waals surface area (Å²) in [5.41, 5.74) is 2.74. The van der Waals surface area contributed by atoms with Crippen LogP contribution in [0.15, 0.2) is 94.7 Å². The van der Waals surface area contributed by atoms with E-state index in [1.54, 1.807) is 0 Å². The van der Waals surface area contributed by atoms with Gasteiger partial charge in [0.15, 0.2) is 5.54 Å². The molecule has 4 aromatic rings. The van der Waals surface area contributed by atoms with Crippen molar-refractivity contribution in [2.75, 3.05) is 26.2 Å². The molecule has 1 saturated carbocycles.